The highest BCUT2D eigenvalue weighted by atomic mass is 16.7. The number of hydrogen-bond donors (Lipinski definition) is 0. The van der Waals surface area contributed by atoms with Crippen molar-refractivity contribution in [3.05, 3.63) is 35.0 Å². The number of aliphatic imine (C=N–C) groups is 1. The topological polar surface area (TPSA) is 74.2 Å². The molecule has 5 rings (SSSR count). The summed E-state index contributed by atoms with van der Waals surface area (Å²) in [7, 11) is 0. The average Bonchev–Trinajstić information content (AvgIpc) is 3.38. The van der Waals surface area contributed by atoms with Gasteiger partial charge in [-0.15, -0.1) is 0 Å². The van der Waals surface area contributed by atoms with E-state index >= 15 is 0 Å². The number of fused-ring (bicyclic) bond motifs is 1. The summed E-state index contributed by atoms with van der Waals surface area (Å²) in [6, 6.07) is 5.68. The van der Waals surface area contributed by atoms with Crippen molar-refractivity contribution in [2.45, 2.75) is 63.9 Å². The minimum Gasteiger partial charge on any atom is -0.462 e. The molecule has 2 atom stereocenters. The van der Waals surface area contributed by atoms with Crippen LogP contribution in [0.2, 0.25) is 0 Å². The lowest BCUT2D eigenvalue weighted by Gasteiger charge is -2.35. The van der Waals surface area contributed by atoms with Gasteiger partial charge in [0.25, 0.3) is 0 Å². The third-order valence-corrected chi connectivity index (χ3v) is 6.43. The number of benzene rings is 1. The fraction of sp³-hybridized carbons (Fsp3) is 0.522. The van der Waals surface area contributed by atoms with E-state index in [9.17, 15) is 9.59 Å². The van der Waals surface area contributed by atoms with Crippen LogP contribution in [0.1, 0.15) is 63.4 Å². The van der Waals surface area contributed by atoms with Crippen molar-refractivity contribution in [2.75, 3.05) is 6.79 Å². The van der Waals surface area contributed by atoms with Crippen LogP contribution >= 0.6 is 0 Å². The van der Waals surface area contributed by atoms with Crippen molar-refractivity contribution in [2.24, 2.45) is 10.9 Å². The number of rotatable bonds is 3. The highest BCUT2D eigenvalue weighted by Crippen LogP contribution is 2.46. The third kappa shape index (κ3) is 3.24. The van der Waals surface area contributed by atoms with Crippen LogP contribution in [-0.2, 0) is 14.3 Å². The number of allylic oxidation sites excluding steroid dienone is 2. The number of ketones is 1. The average molecular weight is 395 g/mol. The van der Waals surface area contributed by atoms with Gasteiger partial charge >= 0.3 is 5.97 Å². The molecule has 6 heteroatoms. The van der Waals surface area contributed by atoms with Gasteiger partial charge in [-0.3, -0.25) is 14.6 Å². The van der Waals surface area contributed by atoms with E-state index in [0.717, 1.165) is 55.5 Å². The van der Waals surface area contributed by atoms with Crippen molar-refractivity contribution < 1.29 is 23.8 Å². The van der Waals surface area contributed by atoms with E-state index in [4.69, 9.17) is 19.2 Å². The summed E-state index contributed by atoms with van der Waals surface area (Å²) < 4.78 is 16.9. The largest absolute Gasteiger partial charge is 0.462 e. The molecular formula is C23H25NO5. The Kier molecular flexibility index (Phi) is 4.64. The fourth-order valence-electron chi connectivity index (χ4n) is 5.02. The van der Waals surface area contributed by atoms with Gasteiger partial charge in [0.1, 0.15) is 12.0 Å². The lowest BCUT2D eigenvalue weighted by Crippen LogP contribution is -2.38. The molecule has 1 aromatic rings. The summed E-state index contributed by atoms with van der Waals surface area (Å²) in [5, 5.41) is 0. The number of Topliss-reactive ketones (excluding diaryl/α,β-unsaturated/α-hetero) is 1. The summed E-state index contributed by atoms with van der Waals surface area (Å²) in [5.74, 6) is 0.172. The van der Waals surface area contributed by atoms with Gasteiger partial charge in [0.2, 0.25) is 6.79 Å². The highest BCUT2D eigenvalue weighted by Gasteiger charge is 2.44. The first kappa shape index (κ1) is 18.4. The van der Waals surface area contributed by atoms with Gasteiger partial charge in [0, 0.05) is 29.3 Å². The van der Waals surface area contributed by atoms with Gasteiger partial charge in [0.15, 0.2) is 17.3 Å². The van der Waals surface area contributed by atoms with Crippen LogP contribution in [0, 0.1) is 5.92 Å². The predicted octanol–water partition coefficient (Wildman–Crippen LogP) is 4.08. The van der Waals surface area contributed by atoms with Crippen molar-refractivity contribution >= 4 is 17.5 Å². The van der Waals surface area contributed by atoms with Gasteiger partial charge in [0.05, 0.1) is 0 Å². The van der Waals surface area contributed by atoms with Crippen LogP contribution in [0.25, 0.3) is 0 Å². The first-order valence-electron chi connectivity index (χ1n) is 10.5. The molecule has 2 aliphatic heterocycles. The maximum atomic E-state index is 13.3. The highest BCUT2D eigenvalue weighted by molar-refractivity contribution is 6.08. The van der Waals surface area contributed by atoms with E-state index in [1.165, 1.54) is 0 Å². The second-order valence-corrected chi connectivity index (χ2v) is 8.30. The van der Waals surface area contributed by atoms with Gasteiger partial charge in [-0.2, -0.15) is 0 Å². The third-order valence-electron chi connectivity index (χ3n) is 6.43. The molecule has 1 unspecified atom stereocenters. The summed E-state index contributed by atoms with van der Waals surface area (Å²) >= 11 is 0. The molecule has 0 aromatic heterocycles. The molecular weight excluding hydrogens is 370 g/mol. The molecule has 2 heterocycles. The SMILES string of the molecule is CC1=NC2=C(C(=O)CCC2)[C@@H](c2ccc3c(c2)OCO3)C1C(=O)OC1CCCC1. The summed E-state index contributed by atoms with van der Waals surface area (Å²) in [6.45, 7) is 2.06. The maximum Gasteiger partial charge on any atom is 0.315 e. The molecule has 1 saturated carbocycles. The Balaban J connectivity index is 1.56. The molecule has 6 nitrogen and oxygen atoms in total. The monoisotopic (exact) mass is 395 g/mol. The summed E-state index contributed by atoms with van der Waals surface area (Å²) in [4.78, 5) is 30.9. The van der Waals surface area contributed by atoms with E-state index in [1.807, 2.05) is 25.1 Å². The number of hydrogen-bond acceptors (Lipinski definition) is 6. The molecule has 152 valence electrons. The quantitative estimate of drug-likeness (QED) is 0.721. The Morgan fingerprint density at radius 1 is 1.10 bits per heavy atom. The van der Waals surface area contributed by atoms with Crippen molar-refractivity contribution in [3.8, 4) is 11.5 Å². The number of nitrogens with zero attached hydrogens (tertiary/aromatic N) is 1. The Morgan fingerprint density at radius 3 is 2.72 bits per heavy atom. The minimum absolute atomic E-state index is 0.0230. The Hall–Kier alpha value is -2.63. The Morgan fingerprint density at radius 2 is 1.90 bits per heavy atom. The van der Waals surface area contributed by atoms with E-state index in [-0.39, 0.29) is 24.6 Å². The molecule has 29 heavy (non-hydrogen) atoms. The van der Waals surface area contributed by atoms with Gasteiger partial charge in [-0.1, -0.05) is 6.07 Å². The minimum atomic E-state index is -0.586. The van der Waals surface area contributed by atoms with E-state index in [1.54, 1.807) is 0 Å². The van der Waals surface area contributed by atoms with Gasteiger partial charge in [-0.25, -0.2) is 0 Å². The predicted molar refractivity (Wildman–Crippen MR) is 106 cm³/mol. The van der Waals surface area contributed by atoms with E-state index < -0.39 is 11.8 Å². The number of carbonyl (C=O) groups excluding carboxylic acids is 2. The van der Waals surface area contributed by atoms with Crippen LogP contribution in [-0.4, -0.2) is 30.4 Å². The maximum absolute atomic E-state index is 13.3. The van der Waals surface area contributed by atoms with Gasteiger partial charge < -0.3 is 14.2 Å². The van der Waals surface area contributed by atoms with Crippen LogP contribution in [0.15, 0.2) is 34.5 Å². The van der Waals surface area contributed by atoms with Crippen LogP contribution in [0.5, 0.6) is 11.5 Å². The molecule has 1 fully saturated rings. The number of carbonyl (C=O) groups is 2. The smallest absolute Gasteiger partial charge is 0.315 e. The summed E-state index contributed by atoms with van der Waals surface area (Å²) in [6.07, 6.45) is 6.06. The zero-order chi connectivity index (χ0) is 20.0. The first-order chi connectivity index (χ1) is 14.1. The zero-order valence-corrected chi connectivity index (χ0v) is 16.6. The summed E-state index contributed by atoms with van der Waals surface area (Å²) in [5.41, 5.74) is 3.10. The molecule has 0 radical (unpaired) electrons. The molecule has 2 aliphatic carbocycles. The van der Waals surface area contributed by atoms with E-state index in [0.29, 0.717) is 23.5 Å². The molecule has 0 spiro atoms. The second-order valence-electron chi connectivity index (χ2n) is 8.30. The first-order valence-corrected chi connectivity index (χ1v) is 10.5. The normalized spacial score (nSPS) is 26.4. The van der Waals surface area contributed by atoms with Crippen molar-refractivity contribution in [1.29, 1.82) is 0 Å². The molecule has 0 amide bonds. The standard InChI is InChI=1S/C23H25NO5/c1-13-20(23(26)29-15-5-2-3-6-15)21(22-16(24-13)7-4-8-17(22)25)14-9-10-18-19(11-14)28-12-27-18/h9-11,15,20-21H,2-8,12H2,1H3/t20?,21-/m0/s1. The fourth-order valence-corrected chi connectivity index (χ4v) is 5.02. The Bertz CT molecular complexity index is 925. The molecule has 0 N–H and O–H groups in total. The lowest BCUT2D eigenvalue weighted by atomic mass is 9.71. The molecule has 1 aromatic carbocycles. The van der Waals surface area contributed by atoms with E-state index in [2.05, 4.69) is 0 Å². The Labute approximate surface area is 169 Å². The second kappa shape index (κ2) is 7.32. The zero-order valence-electron chi connectivity index (χ0n) is 16.6. The van der Waals surface area contributed by atoms with Crippen LogP contribution in [0.3, 0.4) is 0 Å². The van der Waals surface area contributed by atoms with Crippen molar-refractivity contribution in [3.63, 3.8) is 0 Å². The van der Waals surface area contributed by atoms with Gasteiger partial charge in [-0.05, 0) is 63.1 Å². The van der Waals surface area contributed by atoms with Crippen LogP contribution < -0.4 is 9.47 Å². The molecule has 0 bridgehead atoms. The molecule has 4 aliphatic rings. The van der Waals surface area contributed by atoms with Crippen LogP contribution in [0.4, 0.5) is 0 Å². The lowest BCUT2D eigenvalue weighted by molar-refractivity contribution is -0.151. The number of ether oxygens (including phenoxy) is 3. The number of esters is 1. The molecule has 0 saturated heterocycles. The van der Waals surface area contributed by atoms with Crippen molar-refractivity contribution in [1.82, 2.24) is 0 Å².